The Balaban J connectivity index is 1.63. The fraction of sp³-hybridized carbons (Fsp3) is 0.316. The summed E-state index contributed by atoms with van der Waals surface area (Å²) in [5.41, 5.74) is 2.27. The Kier molecular flexibility index (Phi) is 5.28. The number of nitrogens with one attached hydrogen (secondary N) is 1. The monoisotopic (exact) mass is 355 g/mol. The molecular weight excluding hydrogens is 334 g/mol. The van der Waals surface area contributed by atoms with E-state index in [1.54, 1.807) is 0 Å². The van der Waals surface area contributed by atoms with Gasteiger partial charge in [-0.2, -0.15) is 0 Å². The van der Waals surface area contributed by atoms with Gasteiger partial charge in [0.1, 0.15) is 11.4 Å². The van der Waals surface area contributed by atoms with E-state index in [9.17, 15) is 9.59 Å². The number of nitrogens with zero attached hydrogens (tertiary/aromatic N) is 2. The van der Waals surface area contributed by atoms with Crippen molar-refractivity contribution in [1.82, 2.24) is 14.9 Å². The van der Waals surface area contributed by atoms with Gasteiger partial charge in [-0.05, 0) is 37.0 Å². The lowest BCUT2D eigenvalue weighted by molar-refractivity contribution is -0.121. The van der Waals surface area contributed by atoms with E-state index in [1.165, 1.54) is 33.4 Å². The number of amides is 1. The third kappa shape index (κ3) is 3.96. The van der Waals surface area contributed by atoms with Gasteiger partial charge in [-0.3, -0.25) is 14.2 Å². The molecule has 5 nitrogen and oxygen atoms in total. The number of hydrogen-bond donors (Lipinski definition) is 1. The van der Waals surface area contributed by atoms with E-state index in [2.05, 4.69) is 29.4 Å². The molecule has 0 aliphatic rings. The maximum Gasteiger partial charge on any atom is 0.262 e. The first kappa shape index (κ1) is 17.4. The number of carbonyl (C=O) groups is 1. The van der Waals surface area contributed by atoms with Crippen molar-refractivity contribution in [1.29, 1.82) is 0 Å². The lowest BCUT2D eigenvalue weighted by atomic mass is 10.1. The molecule has 130 valence electrons. The summed E-state index contributed by atoms with van der Waals surface area (Å²) >= 11 is 1.53. The Hall–Kier alpha value is -2.47. The molecule has 1 amide bonds. The Morgan fingerprint density at radius 1 is 1.32 bits per heavy atom. The van der Waals surface area contributed by atoms with Gasteiger partial charge in [-0.25, -0.2) is 4.98 Å². The number of aromatic nitrogens is 2. The van der Waals surface area contributed by atoms with Crippen molar-refractivity contribution < 1.29 is 4.79 Å². The van der Waals surface area contributed by atoms with Crippen LogP contribution < -0.4 is 10.9 Å². The lowest BCUT2D eigenvalue weighted by Gasteiger charge is -2.08. The van der Waals surface area contributed by atoms with Gasteiger partial charge in [-0.15, -0.1) is 11.3 Å². The number of benzene rings is 1. The van der Waals surface area contributed by atoms with Crippen LogP contribution in [0.3, 0.4) is 0 Å². The van der Waals surface area contributed by atoms with E-state index in [-0.39, 0.29) is 18.0 Å². The van der Waals surface area contributed by atoms with Gasteiger partial charge in [0.05, 0.1) is 11.7 Å². The van der Waals surface area contributed by atoms with E-state index < -0.39 is 0 Å². The average molecular weight is 355 g/mol. The maximum atomic E-state index is 12.5. The number of thiophene rings is 1. The average Bonchev–Trinajstić information content (AvgIpc) is 3.03. The van der Waals surface area contributed by atoms with Gasteiger partial charge in [0.25, 0.3) is 5.56 Å². The summed E-state index contributed by atoms with van der Waals surface area (Å²) < 4.78 is 1.37. The van der Waals surface area contributed by atoms with Crippen molar-refractivity contribution in [2.24, 2.45) is 0 Å². The molecule has 6 heteroatoms. The Labute approximate surface area is 150 Å². The van der Waals surface area contributed by atoms with Crippen LogP contribution in [-0.4, -0.2) is 22.0 Å². The third-order valence-corrected chi connectivity index (χ3v) is 5.40. The van der Waals surface area contributed by atoms with Crippen LogP contribution in [0.2, 0.25) is 0 Å². The van der Waals surface area contributed by atoms with Gasteiger partial charge in [0.15, 0.2) is 0 Å². The highest BCUT2D eigenvalue weighted by Crippen LogP contribution is 2.20. The smallest absolute Gasteiger partial charge is 0.262 e. The van der Waals surface area contributed by atoms with Crippen molar-refractivity contribution >= 4 is 27.5 Å². The summed E-state index contributed by atoms with van der Waals surface area (Å²) in [6, 6.07) is 9.99. The fourth-order valence-corrected chi connectivity index (χ4v) is 3.66. The molecule has 3 aromatic rings. The zero-order valence-electron chi connectivity index (χ0n) is 14.4. The molecule has 0 radical (unpaired) electrons. The molecule has 0 aliphatic heterocycles. The highest BCUT2D eigenvalue weighted by atomic mass is 32.1. The number of aryl methyl sites for hydroxylation is 2. The second-order valence-corrected chi connectivity index (χ2v) is 7.10. The molecule has 2 aromatic heterocycles. The number of hydrogen-bond acceptors (Lipinski definition) is 4. The van der Waals surface area contributed by atoms with Crippen molar-refractivity contribution in [3.8, 4) is 0 Å². The summed E-state index contributed by atoms with van der Waals surface area (Å²) in [4.78, 5) is 30.8. The number of rotatable bonds is 6. The Morgan fingerprint density at radius 3 is 2.88 bits per heavy atom. The first-order valence-electron chi connectivity index (χ1n) is 8.37. The van der Waals surface area contributed by atoms with Crippen LogP contribution in [-0.2, 0) is 24.2 Å². The minimum atomic E-state index is -0.178. The van der Waals surface area contributed by atoms with Crippen LogP contribution in [0.4, 0.5) is 0 Å². The molecule has 0 atom stereocenters. The normalized spacial score (nSPS) is 11.0. The highest BCUT2D eigenvalue weighted by Gasteiger charge is 2.10. The van der Waals surface area contributed by atoms with Gasteiger partial charge in [0.2, 0.25) is 5.91 Å². The molecular formula is C19H21N3O2S. The van der Waals surface area contributed by atoms with Gasteiger partial charge in [0, 0.05) is 11.4 Å². The highest BCUT2D eigenvalue weighted by molar-refractivity contribution is 7.18. The zero-order valence-corrected chi connectivity index (χ0v) is 15.2. The van der Waals surface area contributed by atoms with E-state index in [0.29, 0.717) is 11.9 Å². The van der Waals surface area contributed by atoms with E-state index in [4.69, 9.17) is 0 Å². The number of carbonyl (C=O) groups excluding carboxylic acids is 1. The molecule has 1 aromatic carbocycles. The molecule has 0 spiro atoms. The van der Waals surface area contributed by atoms with E-state index in [1.807, 2.05) is 25.1 Å². The molecule has 0 unspecified atom stereocenters. The SMILES string of the molecule is CCc1cc2c(=O)n(CC(=O)NCCc3ccccc3C)cnc2s1. The summed E-state index contributed by atoms with van der Waals surface area (Å²) in [5.74, 6) is -0.178. The summed E-state index contributed by atoms with van der Waals surface area (Å²) in [6.45, 7) is 4.65. The molecule has 0 bridgehead atoms. The summed E-state index contributed by atoms with van der Waals surface area (Å²) in [7, 11) is 0. The first-order valence-corrected chi connectivity index (χ1v) is 9.19. The van der Waals surface area contributed by atoms with Gasteiger partial charge >= 0.3 is 0 Å². The summed E-state index contributed by atoms with van der Waals surface area (Å²) in [6.07, 6.45) is 3.11. The Morgan fingerprint density at radius 2 is 2.12 bits per heavy atom. The maximum absolute atomic E-state index is 12.5. The van der Waals surface area contributed by atoms with Gasteiger partial charge < -0.3 is 5.32 Å². The largest absolute Gasteiger partial charge is 0.354 e. The van der Waals surface area contributed by atoms with Crippen molar-refractivity contribution in [3.63, 3.8) is 0 Å². The topological polar surface area (TPSA) is 64.0 Å². The van der Waals surface area contributed by atoms with Gasteiger partial charge in [-0.1, -0.05) is 31.2 Å². The predicted molar refractivity (Wildman–Crippen MR) is 101 cm³/mol. The van der Waals surface area contributed by atoms with Crippen LogP contribution in [0.1, 0.15) is 22.9 Å². The van der Waals surface area contributed by atoms with Crippen LogP contribution in [0.15, 0.2) is 41.5 Å². The Bertz CT molecular complexity index is 959. The predicted octanol–water partition coefficient (Wildman–Crippen LogP) is 2.69. The fourth-order valence-electron chi connectivity index (χ4n) is 2.73. The summed E-state index contributed by atoms with van der Waals surface area (Å²) in [5, 5.41) is 3.47. The third-order valence-electron chi connectivity index (χ3n) is 4.21. The molecule has 3 rings (SSSR count). The van der Waals surface area contributed by atoms with Crippen molar-refractivity contribution in [3.05, 3.63) is 63.0 Å². The molecule has 0 saturated carbocycles. The second-order valence-electron chi connectivity index (χ2n) is 5.99. The van der Waals surface area contributed by atoms with Crippen LogP contribution >= 0.6 is 11.3 Å². The first-order chi connectivity index (χ1) is 12.1. The minimum Gasteiger partial charge on any atom is -0.354 e. The molecule has 2 heterocycles. The zero-order chi connectivity index (χ0) is 17.8. The van der Waals surface area contributed by atoms with Crippen LogP contribution in [0.5, 0.6) is 0 Å². The molecule has 0 saturated heterocycles. The van der Waals surface area contributed by atoms with Crippen molar-refractivity contribution in [2.75, 3.05) is 6.54 Å². The molecule has 1 N–H and O–H groups in total. The molecule has 0 fully saturated rings. The van der Waals surface area contributed by atoms with E-state index >= 15 is 0 Å². The second kappa shape index (κ2) is 7.61. The van der Waals surface area contributed by atoms with E-state index in [0.717, 1.165) is 22.5 Å². The standard InChI is InChI=1S/C19H21N3O2S/c1-3-15-10-16-18(25-15)21-12-22(19(16)24)11-17(23)20-9-8-14-7-5-4-6-13(14)2/h4-7,10,12H,3,8-9,11H2,1-2H3,(H,20,23). The van der Waals surface area contributed by atoms with Crippen LogP contribution in [0, 0.1) is 6.92 Å². The van der Waals surface area contributed by atoms with Crippen LogP contribution in [0.25, 0.3) is 10.2 Å². The van der Waals surface area contributed by atoms with Crippen molar-refractivity contribution in [2.45, 2.75) is 33.2 Å². The quantitative estimate of drug-likeness (QED) is 0.739. The lowest BCUT2D eigenvalue weighted by Crippen LogP contribution is -2.33. The minimum absolute atomic E-state index is 0.00709. The number of fused-ring (bicyclic) bond motifs is 1. The molecule has 25 heavy (non-hydrogen) atoms. The molecule has 0 aliphatic carbocycles.